The molecule has 0 saturated heterocycles. The molecule has 144 valence electrons. The van der Waals surface area contributed by atoms with Crippen LogP contribution in [-0.2, 0) is 11.3 Å². The Morgan fingerprint density at radius 2 is 1.93 bits per heavy atom. The molecular formula is C20H20FN5OS. The molecule has 0 aliphatic carbocycles. The second-order valence-electron chi connectivity index (χ2n) is 6.72. The van der Waals surface area contributed by atoms with E-state index in [4.69, 9.17) is 0 Å². The summed E-state index contributed by atoms with van der Waals surface area (Å²) in [6.07, 6.45) is 0. The number of hydrogen-bond acceptors (Lipinski definition) is 5. The Morgan fingerprint density at radius 3 is 2.68 bits per heavy atom. The highest BCUT2D eigenvalue weighted by atomic mass is 32.2. The number of rotatable bonds is 5. The minimum atomic E-state index is -0.268. The van der Waals surface area contributed by atoms with Crippen molar-refractivity contribution in [3.8, 4) is 0 Å². The van der Waals surface area contributed by atoms with Gasteiger partial charge in [-0.3, -0.25) is 9.36 Å². The number of nitrogens with zero attached hydrogens (tertiary/aromatic N) is 4. The lowest BCUT2D eigenvalue weighted by atomic mass is 10.1. The quantitative estimate of drug-likeness (QED) is 0.661. The summed E-state index contributed by atoms with van der Waals surface area (Å²) in [5.74, 6) is 0.615. The Morgan fingerprint density at radius 1 is 1.14 bits per heavy atom. The average Bonchev–Trinajstić information content (AvgIpc) is 3.25. The Balaban J connectivity index is 1.41. The molecule has 0 bridgehead atoms. The SMILES string of the molecule is Cc1ccc(NC(=O)CSc2nnc3n2CCN3c2ccc(F)cc2)c(C)c1. The summed E-state index contributed by atoms with van der Waals surface area (Å²) in [6.45, 7) is 5.46. The van der Waals surface area contributed by atoms with Crippen molar-refractivity contribution < 1.29 is 9.18 Å². The van der Waals surface area contributed by atoms with Crippen molar-refractivity contribution in [1.29, 1.82) is 0 Å². The molecular weight excluding hydrogens is 377 g/mol. The predicted octanol–water partition coefficient (Wildman–Crippen LogP) is 3.92. The van der Waals surface area contributed by atoms with E-state index in [1.54, 1.807) is 12.1 Å². The molecule has 28 heavy (non-hydrogen) atoms. The average molecular weight is 397 g/mol. The Hall–Kier alpha value is -2.87. The second-order valence-corrected chi connectivity index (χ2v) is 7.66. The maximum absolute atomic E-state index is 13.2. The topological polar surface area (TPSA) is 63.1 Å². The molecule has 1 amide bonds. The van der Waals surface area contributed by atoms with Gasteiger partial charge in [-0.25, -0.2) is 4.39 Å². The van der Waals surface area contributed by atoms with E-state index in [1.807, 2.05) is 41.5 Å². The number of halogens is 1. The smallest absolute Gasteiger partial charge is 0.234 e. The zero-order chi connectivity index (χ0) is 19.7. The Bertz CT molecular complexity index is 1020. The van der Waals surface area contributed by atoms with Crippen molar-refractivity contribution in [1.82, 2.24) is 14.8 Å². The first kappa shape index (κ1) is 18.5. The van der Waals surface area contributed by atoms with E-state index in [2.05, 4.69) is 15.5 Å². The fraction of sp³-hybridized carbons (Fsp3) is 0.250. The van der Waals surface area contributed by atoms with E-state index in [0.717, 1.165) is 35.6 Å². The lowest BCUT2D eigenvalue weighted by molar-refractivity contribution is -0.113. The second kappa shape index (κ2) is 7.63. The summed E-state index contributed by atoms with van der Waals surface area (Å²) in [7, 11) is 0. The summed E-state index contributed by atoms with van der Waals surface area (Å²) in [4.78, 5) is 14.3. The largest absolute Gasteiger partial charge is 0.325 e. The van der Waals surface area contributed by atoms with Crippen LogP contribution in [0.3, 0.4) is 0 Å². The molecule has 1 aliphatic heterocycles. The third-order valence-electron chi connectivity index (χ3n) is 4.61. The third-order valence-corrected chi connectivity index (χ3v) is 5.58. The van der Waals surface area contributed by atoms with E-state index >= 15 is 0 Å². The third kappa shape index (κ3) is 3.73. The number of fused-ring (bicyclic) bond motifs is 1. The molecule has 0 spiro atoms. The lowest BCUT2D eigenvalue weighted by Crippen LogP contribution is -2.15. The van der Waals surface area contributed by atoms with E-state index in [-0.39, 0.29) is 17.5 Å². The zero-order valence-electron chi connectivity index (χ0n) is 15.6. The summed E-state index contributed by atoms with van der Waals surface area (Å²) in [5.41, 5.74) is 3.90. The van der Waals surface area contributed by atoms with Crippen LogP contribution in [0.5, 0.6) is 0 Å². The predicted molar refractivity (Wildman–Crippen MR) is 109 cm³/mol. The van der Waals surface area contributed by atoms with Crippen LogP contribution in [0, 0.1) is 19.7 Å². The van der Waals surface area contributed by atoms with E-state index in [9.17, 15) is 9.18 Å². The number of anilines is 3. The number of carbonyl (C=O) groups is 1. The van der Waals surface area contributed by atoms with Crippen molar-refractivity contribution in [3.63, 3.8) is 0 Å². The normalized spacial score (nSPS) is 12.9. The highest BCUT2D eigenvalue weighted by Gasteiger charge is 2.26. The summed E-state index contributed by atoms with van der Waals surface area (Å²) in [6, 6.07) is 12.3. The molecule has 0 unspecified atom stereocenters. The number of hydrogen-bond donors (Lipinski definition) is 1. The van der Waals surface area contributed by atoms with Gasteiger partial charge in [-0.15, -0.1) is 10.2 Å². The van der Waals surface area contributed by atoms with Crippen molar-refractivity contribution >= 4 is 35.0 Å². The van der Waals surface area contributed by atoms with Crippen molar-refractivity contribution in [3.05, 3.63) is 59.4 Å². The molecule has 8 heteroatoms. The first-order valence-electron chi connectivity index (χ1n) is 8.97. The van der Waals surface area contributed by atoms with Crippen LogP contribution in [-0.4, -0.2) is 33.0 Å². The molecule has 0 fully saturated rings. The molecule has 1 aromatic heterocycles. The van der Waals surface area contributed by atoms with Crippen LogP contribution in [0.4, 0.5) is 21.7 Å². The number of carbonyl (C=O) groups excluding carboxylic acids is 1. The molecule has 3 aromatic rings. The van der Waals surface area contributed by atoms with Crippen LogP contribution >= 0.6 is 11.8 Å². The van der Waals surface area contributed by atoms with Gasteiger partial charge in [0.15, 0.2) is 5.16 Å². The first-order valence-corrected chi connectivity index (χ1v) is 9.96. The van der Waals surface area contributed by atoms with Gasteiger partial charge in [0.05, 0.1) is 5.75 Å². The van der Waals surface area contributed by atoms with E-state index in [0.29, 0.717) is 11.1 Å². The Labute approximate surface area is 166 Å². The maximum Gasteiger partial charge on any atom is 0.234 e. The van der Waals surface area contributed by atoms with Gasteiger partial charge in [-0.1, -0.05) is 29.5 Å². The lowest BCUT2D eigenvalue weighted by Gasteiger charge is -2.14. The van der Waals surface area contributed by atoms with Crippen LogP contribution < -0.4 is 10.2 Å². The Kier molecular flexibility index (Phi) is 5.04. The van der Waals surface area contributed by atoms with Crippen molar-refractivity contribution in [2.45, 2.75) is 25.5 Å². The molecule has 1 aliphatic rings. The minimum absolute atomic E-state index is 0.0808. The molecule has 0 saturated carbocycles. The summed E-state index contributed by atoms with van der Waals surface area (Å²) >= 11 is 1.36. The van der Waals surface area contributed by atoms with Crippen LogP contribution in [0.15, 0.2) is 47.6 Å². The number of benzene rings is 2. The van der Waals surface area contributed by atoms with Gasteiger partial charge in [0.2, 0.25) is 11.9 Å². The van der Waals surface area contributed by atoms with Gasteiger partial charge in [0, 0.05) is 24.5 Å². The van der Waals surface area contributed by atoms with Gasteiger partial charge in [0.25, 0.3) is 0 Å². The number of aromatic nitrogens is 3. The number of nitrogens with one attached hydrogen (secondary N) is 1. The van der Waals surface area contributed by atoms with Gasteiger partial charge in [-0.2, -0.15) is 0 Å². The minimum Gasteiger partial charge on any atom is -0.325 e. The number of amides is 1. The van der Waals surface area contributed by atoms with Gasteiger partial charge in [-0.05, 0) is 49.7 Å². The molecule has 1 N–H and O–H groups in total. The van der Waals surface area contributed by atoms with Crippen molar-refractivity contribution in [2.75, 3.05) is 22.5 Å². The molecule has 2 aromatic carbocycles. The molecule has 0 radical (unpaired) electrons. The van der Waals surface area contributed by atoms with E-state index in [1.165, 1.54) is 23.9 Å². The standard InChI is InChI=1S/C20H20FN5OS/c1-13-3-8-17(14(2)11-13)22-18(27)12-28-20-24-23-19-25(9-10-26(19)20)16-6-4-15(21)5-7-16/h3-8,11H,9-10,12H2,1-2H3,(H,22,27). The fourth-order valence-electron chi connectivity index (χ4n) is 3.22. The van der Waals surface area contributed by atoms with Gasteiger partial charge < -0.3 is 10.2 Å². The van der Waals surface area contributed by atoms with Crippen LogP contribution in [0.2, 0.25) is 0 Å². The van der Waals surface area contributed by atoms with Gasteiger partial charge in [0.1, 0.15) is 5.82 Å². The first-order chi connectivity index (χ1) is 13.5. The zero-order valence-corrected chi connectivity index (χ0v) is 16.5. The summed E-state index contributed by atoms with van der Waals surface area (Å²) in [5, 5.41) is 12.1. The van der Waals surface area contributed by atoms with Crippen LogP contribution in [0.25, 0.3) is 0 Å². The molecule has 2 heterocycles. The highest BCUT2D eigenvalue weighted by molar-refractivity contribution is 7.99. The molecule has 6 nitrogen and oxygen atoms in total. The van der Waals surface area contributed by atoms with Crippen molar-refractivity contribution in [2.24, 2.45) is 0 Å². The highest BCUT2D eigenvalue weighted by Crippen LogP contribution is 2.32. The van der Waals surface area contributed by atoms with Crippen LogP contribution in [0.1, 0.15) is 11.1 Å². The monoisotopic (exact) mass is 397 g/mol. The fourth-order valence-corrected chi connectivity index (χ4v) is 3.98. The summed E-state index contributed by atoms with van der Waals surface area (Å²) < 4.78 is 15.1. The maximum atomic E-state index is 13.2. The number of aryl methyl sites for hydroxylation is 2. The molecule has 0 atom stereocenters. The van der Waals surface area contributed by atoms with Gasteiger partial charge >= 0.3 is 0 Å². The molecule has 4 rings (SSSR count). The van der Waals surface area contributed by atoms with E-state index < -0.39 is 0 Å². The number of thioether (sulfide) groups is 1.